The summed E-state index contributed by atoms with van der Waals surface area (Å²) in [6.07, 6.45) is 6.16. The zero-order valence-corrected chi connectivity index (χ0v) is 9.19. The summed E-state index contributed by atoms with van der Waals surface area (Å²) in [4.78, 5) is 0. The number of rotatable bonds is 3. The van der Waals surface area contributed by atoms with Crippen molar-refractivity contribution in [3.63, 3.8) is 0 Å². The maximum Gasteiger partial charge on any atom is 0.0986 e. The van der Waals surface area contributed by atoms with E-state index in [4.69, 9.17) is 5.11 Å². The number of aliphatic hydroxyl groups is 1. The van der Waals surface area contributed by atoms with E-state index < -0.39 is 0 Å². The summed E-state index contributed by atoms with van der Waals surface area (Å²) in [7, 11) is 0. The molecule has 0 aromatic heterocycles. The zero-order chi connectivity index (χ0) is 8.27. The third kappa shape index (κ3) is 2.39. The van der Waals surface area contributed by atoms with E-state index in [1.807, 2.05) is 0 Å². The molecule has 0 aromatic carbocycles. The molecule has 0 bridgehead atoms. The minimum atomic E-state index is 0. The lowest BCUT2D eigenvalue weighted by Gasteiger charge is -1.98. The maximum absolute atomic E-state index is 8.73. The number of hydrogen-bond acceptors (Lipinski definition) is 1. The van der Waals surface area contributed by atoms with Crippen LogP contribution in [0, 0.1) is 5.92 Å². The van der Waals surface area contributed by atoms with Crippen LogP contribution in [0.1, 0.15) is 26.7 Å². The summed E-state index contributed by atoms with van der Waals surface area (Å²) in [5, 5.41) is 8.73. The van der Waals surface area contributed by atoms with E-state index in [1.165, 1.54) is 17.1 Å². The minimum absolute atomic E-state index is 0. The lowest BCUT2D eigenvalue weighted by atomic mass is 9.99. The van der Waals surface area contributed by atoms with E-state index in [9.17, 15) is 0 Å². The van der Waals surface area contributed by atoms with Gasteiger partial charge in [0.2, 0.25) is 0 Å². The highest BCUT2D eigenvalue weighted by Crippen LogP contribution is 2.30. The lowest BCUT2D eigenvalue weighted by molar-refractivity contribution is -0.00000353. The van der Waals surface area contributed by atoms with Gasteiger partial charge in [-0.25, -0.2) is 0 Å². The standard InChI is InChI=1S/C10H15O.BrH/c1-3-9-4-5-10(6-7-11)8(9)2;/h4-5,11H,3,6-7H2,1-2H3;1H/q+1;/p-1. The van der Waals surface area contributed by atoms with Crippen molar-refractivity contribution in [2.24, 2.45) is 0 Å². The van der Waals surface area contributed by atoms with Crippen LogP contribution in [0.25, 0.3) is 0 Å². The molecule has 0 saturated heterocycles. The predicted octanol–water partition coefficient (Wildman–Crippen LogP) is -0.756. The molecule has 1 rings (SSSR count). The average molecular weight is 231 g/mol. The highest BCUT2D eigenvalue weighted by molar-refractivity contribution is 5.47. The first-order valence-corrected chi connectivity index (χ1v) is 4.14. The monoisotopic (exact) mass is 230 g/mol. The van der Waals surface area contributed by atoms with Crippen LogP contribution in [-0.4, -0.2) is 11.7 Å². The Balaban J connectivity index is 0.00000121. The Hall–Kier alpha value is -0.210. The second-order valence-electron chi connectivity index (χ2n) is 2.84. The third-order valence-corrected chi connectivity index (χ3v) is 2.21. The van der Waals surface area contributed by atoms with Crippen molar-refractivity contribution in [2.75, 3.05) is 6.61 Å². The molecule has 0 atom stereocenters. The zero-order valence-electron chi connectivity index (χ0n) is 7.60. The summed E-state index contributed by atoms with van der Waals surface area (Å²) >= 11 is 0. The molecule has 0 radical (unpaired) electrons. The average Bonchev–Trinajstić information content (AvgIpc) is 2.34. The molecule has 0 amide bonds. The summed E-state index contributed by atoms with van der Waals surface area (Å²) in [5.74, 6) is 1.41. The van der Waals surface area contributed by atoms with Crippen LogP contribution in [0.5, 0.6) is 0 Å². The van der Waals surface area contributed by atoms with Gasteiger partial charge in [-0.2, -0.15) is 0 Å². The van der Waals surface area contributed by atoms with Crippen molar-refractivity contribution in [1.82, 2.24) is 0 Å². The fourth-order valence-electron chi connectivity index (χ4n) is 1.43. The predicted molar refractivity (Wildman–Crippen MR) is 47.1 cm³/mol. The van der Waals surface area contributed by atoms with Crippen molar-refractivity contribution in [3.8, 4) is 0 Å². The quantitative estimate of drug-likeness (QED) is 0.633. The highest BCUT2D eigenvalue weighted by atomic mass is 79.9. The smallest absolute Gasteiger partial charge is 0.0986 e. The van der Waals surface area contributed by atoms with E-state index in [0.29, 0.717) is 0 Å². The second kappa shape index (κ2) is 5.44. The Morgan fingerprint density at radius 1 is 1.50 bits per heavy atom. The van der Waals surface area contributed by atoms with Crippen LogP contribution in [0.15, 0.2) is 23.3 Å². The van der Waals surface area contributed by atoms with Crippen LogP contribution >= 0.6 is 0 Å². The first-order valence-electron chi connectivity index (χ1n) is 4.14. The maximum atomic E-state index is 8.73. The van der Waals surface area contributed by atoms with Crippen LogP contribution in [0.3, 0.4) is 0 Å². The van der Waals surface area contributed by atoms with Gasteiger partial charge in [-0.1, -0.05) is 0 Å². The van der Waals surface area contributed by atoms with E-state index in [-0.39, 0.29) is 23.6 Å². The summed E-state index contributed by atoms with van der Waals surface area (Å²) in [5.41, 5.74) is 2.66. The third-order valence-electron chi connectivity index (χ3n) is 2.21. The van der Waals surface area contributed by atoms with Crippen LogP contribution in [0.2, 0.25) is 0 Å². The van der Waals surface area contributed by atoms with E-state index in [0.717, 1.165) is 12.8 Å². The minimum Gasteiger partial charge on any atom is -1.00 e. The van der Waals surface area contributed by atoms with Gasteiger partial charge in [-0.15, -0.1) is 0 Å². The van der Waals surface area contributed by atoms with Crippen LogP contribution in [-0.2, 0) is 0 Å². The Kier molecular flexibility index (Phi) is 5.34. The fraction of sp³-hybridized carbons (Fsp3) is 0.500. The molecule has 1 aliphatic carbocycles. The second-order valence-corrected chi connectivity index (χ2v) is 2.84. The van der Waals surface area contributed by atoms with Gasteiger partial charge in [0.15, 0.2) is 0 Å². The normalized spacial score (nSPS) is 15.4. The Morgan fingerprint density at radius 2 is 2.17 bits per heavy atom. The molecule has 0 aromatic rings. The van der Waals surface area contributed by atoms with Crippen molar-refractivity contribution in [1.29, 1.82) is 0 Å². The lowest BCUT2D eigenvalue weighted by Crippen LogP contribution is -3.00. The molecule has 1 N–H and O–H groups in total. The van der Waals surface area contributed by atoms with Crippen molar-refractivity contribution < 1.29 is 22.1 Å². The van der Waals surface area contributed by atoms with Crippen molar-refractivity contribution in [2.45, 2.75) is 26.7 Å². The van der Waals surface area contributed by atoms with E-state index >= 15 is 0 Å². The molecule has 0 spiro atoms. The first kappa shape index (κ1) is 11.8. The van der Waals surface area contributed by atoms with E-state index in [1.54, 1.807) is 0 Å². The molecule has 0 unspecified atom stereocenters. The fourth-order valence-corrected chi connectivity index (χ4v) is 1.43. The summed E-state index contributed by atoms with van der Waals surface area (Å²) in [6.45, 7) is 4.54. The van der Waals surface area contributed by atoms with E-state index in [2.05, 4.69) is 26.0 Å². The Morgan fingerprint density at radius 3 is 2.58 bits per heavy atom. The molecule has 2 heteroatoms. The summed E-state index contributed by atoms with van der Waals surface area (Å²) < 4.78 is 0. The SMILES string of the molecule is CC[C+]1C=CC(CCO)=C1C.[Br-]. The van der Waals surface area contributed by atoms with Gasteiger partial charge < -0.3 is 22.1 Å². The van der Waals surface area contributed by atoms with Gasteiger partial charge in [-0.05, 0) is 13.8 Å². The molecule has 0 fully saturated rings. The number of hydrogen-bond donors (Lipinski definition) is 1. The summed E-state index contributed by atoms with van der Waals surface area (Å²) in [6, 6.07) is 0. The highest BCUT2D eigenvalue weighted by Gasteiger charge is 2.23. The van der Waals surface area contributed by atoms with Gasteiger partial charge in [0.1, 0.15) is 0 Å². The molecule has 0 heterocycles. The first-order chi connectivity index (χ1) is 5.29. The molecule has 0 saturated carbocycles. The molecule has 1 nitrogen and oxygen atoms in total. The molecule has 0 aliphatic heterocycles. The number of allylic oxidation sites excluding steroid dienone is 3. The molecular weight excluding hydrogens is 216 g/mol. The number of halogens is 1. The van der Waals surface area contributed by atoms with Crippen molar-refractivity contribution in [3.05, 3.63) is 29.2 Å². The van der Waals surface area contributed by atoms with Gasteiger partial charge in [0.25, 0.3) is 0 Å². The van der Waals surface area contributed by atoms with Gasteiger partial charge in [0, 0.05) is 6.42 Å². The molecule has 12 heavy (non-hydrogen) atoms. The van der Waals surface area contributed by atoms with Crippen LogP contribution < -0.4 is 17.0 Å². The molecule has 1 aliphatic rings. The Bertz CT molecular complexity index is 194. The largest absolute Gasteiger partial charge is 1.00 e. The van der Waals surface area contributed by atoms with Crippen molar-refractivity contribution >= 4 is 0 Å². The number of aliphatic hydroxyl groups excluding tert-OH is 1. The molecular formula is C10H15BrO. The van der Waals surface area contributed by atoms with Gasteiger partial charge in [0.05, 0.1) is 42.2 Å². The van der Waals surface area contributed by atoms with Gasteiger partial charge >= 0.3 is 0 Å². The van der Waals surface area contributed by atoms with Gasteiger partial charge in [-0.3, -0.25) is 0 Å². The topological polar surface area (TPSA) is 20.2 Å². The molecule has 68 valence electrons. The Labute approximate surface area is 84.9 Å². The van der Waals surface area contributed by atoms with Crippen LogP contribution in [0.4, 0.5) is 0 Å².